The number of aliphatic hydroxyl groups is 1. The van der Waals surface area contributed by atoms with Gasteiger partial charge in [-0.1, -0.05) is 97.3 Å². The van der Waals surface area contributed by atoms with E-state index in [9.17, 15) is 0 Å². The first kappa shape index (κ1) is 19.0. The summed E-state index contributed by atoms with van der Waals surface area (Å²) in [6.45, 7) is 4.92. The number of hydrogen-bond donors (Lipinski definition) is 1. The summed E-state index contributed by atoms with van der Waals surface area (Å²) in [5.74, 6) is 0.789. The molecule has 0 bridgehead atoms. The fourth-order valence-corrected chi connectivity index (χ4v) is 2.87. The molecule has 0 heterocycles. The monoisotopic (exact) mass is 270 g/mol. The Balaban J connectivity index is 3.36. The van der Waals surface area contributed by atoms with Gasteiger partial charge in [-0.05, 0) is 12.3 Å². The van der Waals surface area contributed by atoms with E-state index >= 15 is 0 Å². The molecule has 0 rings (SSSR count). The fraction of sp³-hybridized carbons (Fsp3) is 1.00. The van der Waals surface area contributed by atoms with Gasteiger partial charge in [0, 0.05) is 6.61 Å². The van der Waals surface area contributed by atoms with Crippen molar-refractivity contribution in [3.63, 3.8) is 0 Å². The van der Waals surface area contributed by atoms with Crippen molar-refractivity contribution in [2.45, 2.75) is 104 Å². The topological polar surface area (TPSA) is 20.2 Å². The molecule has 1 unspecified atom stereocenters. The highest BCUT2D eigenvalue weighted by atomic mass is 16.3. The van der Waals surface area contributed by atoms with Gasteiger partial charge in [0.25, 0.3) is 0 Å². The van der Waals surface area contributed by atoms with Gasteiger partial charge in [0.1, 0.15) is 0 Å². The molecule has 0 aromatic carbocycles. The first-order valence-electron chi connectivity index (χ1n) is 8.96. The van der Waals surface area contributed by atoms with E-state index in [1.165, 1.54) is 83.5 Å². The van der Waals surface area contributed by atoms with E-state index in [1.807, 2.05) is 0 Å². The molecule has 0 aromatic heterocycles. The predicted octanol–water partition coefficient (Wildman–Crippen LogP) is 6.10. The number of rotatable bonds is 15. The van der Waals surface area contributed by atoms with Crippen LogP contribution in [0.3, 0.4) is 0 Å². The molecule has 1 heteroatoms. The Hall–Kier alpha value is -0.0400. The van der Waals surface area contributed by atoms with Crippen molar-refractivity contribution in [2.24, 2.45) is 5.92 Å². The van der Waals surface area contributed by atoms with Gasteiger partial charge in [0.15, 0.2) is 0 Å². The molecule has 0 aliphatic heterocycles. The zero-order chi connectivity index (χ0) is 14.2. The van der Waals surface area contributed by atoms with Gasteiger partial charge in [-0.3, -0.25) is 0 Å². The van der Waals surface area contributed by atoms with E-state index in [-0.39, 0.29) is 0 Å². The Morgan fingerprint density at radius 1 is 0.579 bits per heavy atom. The van der Waals surface area contributed by atoms with E-state index in [4.69, 9.17) is 5.11 Å². The van der Waals surface area contributed by atoms with E-state index < -0.39 is 0 Å². The maximum Gasteiger partial charge on any atom is 0.0433 e. The molecule has 1 atom stereocenters. The third kappa shape index (κ3) is 14.2. The minimum absolute atomic E-state index is 0.383. The quantitative estimate of drug-likeness (QED) is 0.357. The molecule has 0 saturated carbocycles. The van der Waals surface area contributed by atoms with Gasteiger partial charge in [-0.2, -0.15) is 0 Å². The highest BCUT2D eigenvalue weighted by Crippen LogP contribution is 2.21. The second-order valence-corrected chi connectivity index (χ2v) is 6.14. The smallest absolute Gasteiger partial charge is 0.0433 e. The van der Waals surface area contributed by atoms with Gasteiger partial charge >= 0.3 is 0 Å². The van der Waals surface area contributed by atoms with Gasteiger partial charge in [0.2, 0.25) is 0 Å². The number of unbranched alkanes of at least 4 members (excludes halogenated alkanes) is 9. The van der Waals surface area contributed by atoms with Crippen molar-refractivity contribution in [2.75, 3.05) is 6.61 Å². The largest absolute Gasteiger partial charge is 0.396 e. The minimum atomic E-state index is 0.383. The standard InChI is InChI=1S/C18H38O/c1-3-5-7-8-9-10-11-13-15-18(16-17-19)14-12-6-4-2/h18-19H,3-17H2,1-2H3. The van der Waals surface area contributed by atoms with Gasteiger partial charge in [0.05, 0.1) is 0 Å². The highest BCUT2D eigenvalue weighted by Gasteiger charge is 2.07. The maximum atomic E-state index is 9.12. The van der Waals surface area contributed by atoms with Crippen LogP contribution in [0.5, 0.6) is 0 Å². The molecular weight excluding hydrogens is 232 g/mol. The van der Waals surface area contributed by atoms with E-state index in [0.717, 1.165) is 12.3 Å². The third-order valence-electron chi connectivity index (χ3n) is 4.22. The molecule has 0 aromatic rings. The lowest BCUT2D eigenvalue weighted by atomic mass is 9.92. The Morgan fingerprint density at radius 3 is 1.53 bits per heavy atom. The zero-order valence-electron chi connectivity index (χ0n) is 13.6. The van der Waals surface area contributed by atoms with Crippen LogP contribution in [-0.4, -0.2) is 11.7 Å². The summed E-state index contributed by atoms with van der Waals surface area (Å²) in [7, 11) is 0. The SMILES string of the molecule is CCCCCCCCCCC(CCO)CCCCC. The van der Waals surface area contributed by atoms with Crippen molar-refractivity contribution < 1.29 is 5.11 Å². The number of aliphatic hydroxyl groups excluding tert-OH is 1. The Labute approximate surface area is 122 Å². The van der Waals surface area contributed by atoms with Crippen LogP contribution in [0.4, 0.5) is 0 Å². The van der Waals surface area contributed by atoms with E-state index in [2.05, 4.69) is 13.8 Å². The predicted molar refractivity (Wildman–Crippen MR) is 86.6 cm³/mol. The van der Waals surface area contributed by atoms with Crippen LogP contribution in [0, 0.1) is 5.92 Å². The average molecular weight is 271 g/mol. The van der Waals surface area contributed by atoms with Crippen molar-refractivity contribution in [1.29, 1.82) is 0 Å². The average Bonchev–Trinajstić information content (AvgIpc) is 2.42. The highest BCUT2D eigenvalue weighted by molar-refractivity contribution is 4.60. The van der Waals surface area contributed by atoms with Crippen molar-refractivity contribution in [1.82, 2.24) is 0 Å². The fourth-order valence-electron chi connectivity index (χ4n) is 2.87. The Kier molecular flexibility index (Phi) is 16.0. The first-order valence-corrected chi connectivity index (χ1v) is 8.96. The first-order chi connectivity index (χ1) is 9.35. The van der Waals surface area contributed by atoms with Crippen LogP contribution in [0.15, 0.2) is 0 Å². The molecule has 116 valence electrons. The van der Waals surface area contributed by atoms with Gasteiger partial charge in [-0.15, -0.1) is 0 Å². The molecular formula is C18H38O. The molecule has 0 saturated heterocycles. The summed E-state index contributed by atoms with van der Waals surface area (Å²) in [5.41, 5.74) is 0. The Bertz CT molecular complexity index is 156. The summed E-state index contributed by atoms with van der Waals surface area (Å²) in [6.07, 6.45) is 19.0. The van der Waals surface area contributed by atoms with Crippen LogP contribution < -0.4 is 0 Å². The molecule has 0 amide bonds. The second kappa shape index (κ2) is 16.0. The maximum absolute atomic E-state index is 9.12. The van der Waals surface area contributed by atoms with Crippen LogP contribution in [-0.2, 0) is 0 Å². The van der Waals surface area contributed by atoms with Crippen molar-refractivity contribution in [3.8, 4) is 0 Å². The van der Waals surface area contributed by atoms with Gasteiger partial charge < -0.3 is 5.11 Å². The summed E-state index contributed by atoms with van der Waals surface area (Å²) in [4.78, 5) is 0. The number of hydrogen-bond acceptors (Lipinski definition) is 1. The summed E-state index contributed by atoms with van der Waals surface area (Å²) in [6, 6.07) is 0. The molecule has 0 spiro atoms. The lowest BCUT2D eigenvalue weighted by molar-refractivity contribution is 0.241. The molecule has 0 fully saturated rings. The zero-order valence-corrected chi connectivity index (χ0v) is 13.6. The van der Waals surface area contributed by atoms with Crippen LogP contribution in [0.1, 0.15) is 104 Å². The molecule has 0 radical (unpaired) electrons. The normalized spacial score (nSPS) is 12.8. The molecule has 0 aliphatic rings. The van der Waals surface area contributed by atoms with Crippen LogP contribution >= 0.6 is 0 Å². The van der Waals surface area contributed by atoms with Crippen LogP contribution in [0.25, 0.3) is 0 Å². The molecule has 1 nitrogen and oxygen atoms in total. The third-order valence-corrected chi connectivity index (χ3v) is 4.22. The summed E-state index contributed by atoms with van der Waals surface area (Å²) in [5, 5.41) is 9.12. The van der Waals surface area contributed by atoms with Crippen molar-refractivity contribution >= 4 is 0 Å². The lowest BCUT2D eigenvalue weighted by Gasteiger charge is -2.15. The van der Waals surface area contributed by atoms with Crippen molar-refractivity contribution in [3.05, 3.63) is 0 Å². The molecule has 19 heavy (non-hydrogen) atoms. The summed E-state index contributed by atoms with van der Waals surface area (Å²) < 4.78 is 0. The Morgan fingerprint density at radius 2 is 1.00 bits per heavy atom. The minimum Gasteiger partial charge on any atom is -0.396 e. The second-order valence-electron chi connectivity index (χ2n) is 6.14. The molecule has 1 N–H and O–H groups in total. The molecule has 0 aliphatic carbocycles. The summed E-state index contributed by atoms with van der Waals surface area (Å²) >= 11 is 0. The van der Waals surface area contributed by atoms with E-state index in [1.54, 1.807) is 0 Å². The van der Waals surface area contributed by atoms with E-state index in [0.29, 0.717) is 6.61 Å². The van der Waals surface area contributed by atoms with Gasteiger partial charge in [-0.25, -0.2) is 0 Å². The van der Waals surface area contributed by atoms with Crippen LogP contribution in [0.2, 0.25) is 0 Å². The lowest BCUT2D eigenvalue weighted by Crippen LogP contribution is -2.03.